The molecule has 78 valence electrons. The van der Waals surface area contributed by atoms with Crippen LogP contribution in [0.3, 0.4) is 0 Å². The highest BCUT2D eigenvalue weighted by atomic mass is 35.5. The summed E-state index contributed by atoms with van der Waals surface area (Å²) in [5, 5.41) is 0. The van der Waals surface area contributed by atoms with E-state index in [1.807, 2.05) is 30.3 Å². The normalized spacial score (nSPS) is 24.6. The summed E-state index contributed by atoms with van der Waals surface area (Å²) in [6.07, 6.45) is 2.24. The first kappa shape index (κ1) is 11.3. The van der Waals surface area contributed by atoms with Crippen molar-refractivity contribution in [2.45, 2.75) is 18.9 Å². The van der Waals surface area contributed by atoms with Crippen molar-refractivity contribution in [2.75, 3.05) is 6.61 Å². The van der Waals surface area contributed by atoms with Crippen molar-refractivity contribution in [3.63, 3.8) is 0 Å². The summed E-state index contributed by atoms with van der Waals surface area (Å²) in [6.45, 7) is 0.817. The largest absolute Gasteiger partial charge is 0.493 e. The quantitative estimate of drug-likeness (QED) is 0.836. The molecule has 0 spiro atoms. The molecular formula is C11H16ClNO. The van der Waals surface area contributed by atoms with E-state index in [1.165, 1.54) is 0 Å². The minimum absolute atomic E-state index is 0. The van der Waals surface area contributed by atoms with Crippen molar-refractivity contribution < 1.29 is 4.74 Å². The molecule has 0 atom stereocenters. The Kier molecular flexibility index (Phi) is 4.23. The molecule has 1 aliphatic carbocycles. The Bertz CT molecular complexity index is 259. The molecule has 0 bridgehead atoms. The zero-order valence-corrected chi connectivity index (χ0v) is 8.87. The van der Waals surface area contributed by atoms with E-state index in [2.05, 4.69) is 0 Å². The lowest BCUT2D eigenvalue weighted by molar-refractivity contribution is 0.160. The number of ether oxygens (including phenoxy) is 1. The lowest BCUT2D eigenvalue weighted by Crippen LogP contribution is -2.39. The molecule has 1 saturated carbocycles. The van der Waals surface area contributed by atoms with Crippen LogP contribution in [0.15, 0.2) is 30.3 Å². The molecule has 14 heavy (non-hydrogen) atoms. The molecule has 0 unspecified atom stereocenters. The Morgan fingerprint density at radius 1 is 1.21 bits per heavy atom. The molecule has 2 N–H and O–H groups in total. The lowest BCUT2D eigenvalue weighted by atomic mass is 9.82. The molecule has 1 aromatic rings. The van der Waals surface area contributed by atoms with E-state index in [9.17, 15) is 0 Å². The van der Waals surface area contributed by atoms with E-state index in [-0.39, 0.29) is 12.4 Å². The third kappa shape index (κ3) is 2.89. The van der Waals surface area contributed by atoms with Gasteiger partial charge in [-0.2, -0.15) is 0 Å². The third-order valence-corrected chi connectivity index (χ3v) is 2.50. The molecule has 1 aromatic carbocycles. The monoisotopic (exact) mass is 213 g/mol. The highest BCUT2D eigenvalue weighted by molar-refractivity contribution is 5.85. The van der Waals surface area contributed by atoms with Crippen LogP contribution < -0.4 is 10.5 Å². The van der Waals surface area contributed by atoms with Crippen LogP contribution in [0, 0.1) is 5.92 Å². The Morgan fingerprint density at radius 2 is 1.86 bits per heavy atom. The minimum Gasteiger partial charge on any atom is -0.493 e. The number of benzene rings is 1. The van der Waals surface area contributed by atoms with Gasteiger partial charge in [-0.1, -0.05) is 18.2 Å². The second-order valence-electron chi connectivity index (χ2n) is 3.72. The van der Waals surface area contributed by atoms with Gasteiger partial charge in [0.05, 0.1) is 6.61 Å². The molecule has 0 saturated heterocycles. The lowest BCUT2D eigenvalue weighted by Gasteiger charge is -2.31. The van der Waals surface area contributed by atoms with Gasteiger partial charge in [0.2, 0.25) is 0 Å². The maximum Gasteiger partial charge on any atom is 0.119 e. The first-order chi connectivity index (χ1) is 6.34. The Labute approximate surface area is 90.9 Å². The summed E-state index contributed by atoms with van der Waals surface area (Å²) in [5.41, 5.74) is 5.68. The number of halogens is 1. The van der Waals surface area contributed by atoms with Crippen molar-refractivity contribution in [3.8, 4) is 5.75 Å². The summed E-state index contributed by atoms with van der Waals surface area (Å²) in [4.78, 5) is 0. The standard InChI is InChI=1S/C11H15NO.ClH/c12-10-6-9(7-10)8-13-11-4-2-1-3-5-11;/h1-5,9-10H,6-8,12H2;1H. The SMILES string of the molecule is Cl.NC1CC(COc2ccccc2)C1. The summed E-state index contributed by atoms with van der Waals surface area (Å²) in [5.74, 6) is 1.64. The Hall–Kier alpha value is -0.730. The summed E-state index contributed by atoms with van der Waals surface area (Å²) >= 11 is 0. The van der Waals surface area contributed by atoms with Crippen LogP contribution >= 0.6 is 12.4 Å². The molecule has 2 rings (SSSR count). The average Bonchev–Trinajstić information content (AvgIpc) is 2.12. The molecule has 0 heterocycles. The maximum atomic E-state index is 5.68. The van der Waals surface area contributed by atoms with Crippen LogP contribution in [0.5, 0.6) is 5.75 Å². The number of hydrogen-bond acceptors (Lipinski definition) is 2. The van der Waals surface area contributed by atoms with Gasteiger partial charge in [0.25, 0.3) is 0 Å². The van der Waals surface area contributed by atoms with E-state index in [4.69, 9.17) is 10.5 Å². The minimum atomic E-state index is 0. The van der Waals surface area contributed by atoms with Crippen molar-refractivity contribution in [1.82, 2.24) is 0 Å². The summed E-state index contributed by atoms with van der Waals surface area (Å²) in [6, 6.07) is 10.4. The predicted molar refractivity (Wildman–Crippen MR) is 59.9 cm³/mol. The fraction of sp³-hybridized carbons (Fsp3) is 0.455. The highest BCUT2D eigenvalue weighted by Gasteiger charge is 2.26. The molecule has 2 nitrogen and oxygen atoms in total. The van der Waals surface area contributed by atoms with Gasteiger partial charge >= 0.3 is 0 Å². The zero-order chi connectivity index (χ0) is 9.10. The first-order valence-corrected chi connectivity index (χ1v) is 4.78. The van der Waals surface area contributed by atoms with Gasteiger partial charge < -0.3 is 10.5 Å². The smallest absolute Gasteiger partial charge is 0.119 e. The van der Waals surface area contributed by atoms with E-state index in [0.717, 1.165) is 25.2 Å². The molecule has 0 radical (unpaired) electrons. The van der Waals surface area contributed by atoms with Crippen LogP contribution in [-0.4, -0.2) is 12.6 Å². The average molecular weight is 214 g/mol. The second-order valence-corrected chi connectivity index (χ2v) is 3.72. The van der Waals surface area contributed by atoms with E-state index >= 15 is 0 Å². The first-order valence-electron chi connectivity index (χ1n) is 4.78. The number of nitrogens with two attached hydrogens (primary N) is 1. The van der Waals surface area contributed by atoms with Crippen molar-refractivity contribution in [1.29, 1.82) is 0 Å². The summed E-state index contributed by atoms with van der Waals surface area (Å²) < 4.78 is 5.60. The van der Waals surface area contributed by atoms with Gasteiger partial charge in [-0.05, 0) is 30.9 Å². The maximum absolute atomic E-state index is 5.68. The fourth-order valence-corrected chi connectivity index (χ4v) is 1.65. The molecule has 0 amide bonds. The van der Waals surface area contributed by atoms with Crippen molar-refractivity contribution >= 4 is 12.4 Å². The topological polar surface area (TPSA) is 35.2 Å². The van der Waals surface area contributed by atoms with Gasteiger partial charge in [-0.25, -0.2) is 0 Å². The fourth-order valence-electron chi connectivity index (χ4n) is 1.65. The van der Waals surface area contributed by atoms with Gasteiger partial charge in [-0.15, -0.1) is 12.4 Å². The van der Waals surface area contributed by atoms with Crippen molar-refractivity contribution in [2.24, 2.45) is 11.7 Å². The highest BCUT2D eigenvalue weighted by Crippen LogP contribution is 2.26. The zero-order valence-electron chi connectivity index (χ0n) is 8.06. The van der Waals surface area contributed by atoms with Crippen LogP contribution in [0.4, 0.5) is 0 Å². The second kappa shape index (κ2) is 5.23. The third-order valence-electron chi connectivity index (χ3n) is 2.50. The van der Waals surface area contributed by atoms with Crippen LogP contribution in [0.2, 0.25) is 0 Å². The van der Waals surface area contributed by atoms with Gasteiger partial charge in [0.15, 0.2) is 0 Å². The van der Waals surface area contributed by atoms with Crippen LogP contribution in [0.25, 0.3) is 0 Å². The van der Waals surface area contributed by atoms with Gasteiger partial charge in [0.1, 0.15) is 5.75 Å². The van der Waals surface area contributed by atoms with E-state index in [1.54, 1.807) is 0 Å². The van der Waals surface area contributed by atoms with Gasteiger partial charge in [0, 0.05) is 6.04 Å². The van der Waals surface area contributed by atoms with E-state index in [0.29, 0.717) is 12.0 Å². The molecule has 1 fully saturated rings. The van der Waals surface area contributed by atoms with Crippen molar-refractivity contribution in [3.05, 3.63) is 30.3 Å². The molecule has 3 heteroatoms. The number of hydrogen-bond donors (Lipinski definition) is 1. The Balaban J connectivity index is 0.000000980. The molecule has 0 aromatic heterocycles. The molecule has 1 aliphatic rings. The van der Waals surface area contributed by atoms with Crippen LogP contribution in [-0.2, 0) is 0 Å². The molecule has 0 aliphatic heterocycles. The Morgan fingerprint density at radius 3 is 2.43 bits per heavy atom. The predicted octanol–water partition coefficient (Wildman–Crippen LogP) is 2.22. The van der Waals surface area contributed by atoms with Crippen LogP contribution in [0.1, 0.15) is 12.8 Å². The number of rotatable bonds is 3. The molecular weight excluding hydrogens is 198 g/mol. The summed E-state index contributed by atoms with van der Waals surface area (Å²) in [7, 11) is 0. The van der Waals surface area contributed by atoms with Gasteiger partial charge in [-0.3, -0.25) is 0 Å². The number of para-hydroxylation sites is 1. The van der Waals surface area contributed by atoms with E-state index < -0.39 is 0 Å².